The van der Waals surface area contributed by atoms with E-state index in [0.717, 1.165) is 5.56 Å². The number of ether oxygens (including phenoxy) is 6. The summed E-state index contributed by atoms with van der Waals surface area (Å²) in [5.41, 5.74) is 0.923. The highest BCUT2D eigenvalue weighted by Crippen LogP contribution is 2.28. The van der Waals surface area contributed by atoms with Gasteiger partial charge in [-0.3, -0.25) is 0 Å². The lowest BCUT2D eigenvalue weighted by molar-refractivity contribution is -0.281. The van der Waals surface area contributed by atoms with E-state index in [1.54, 1.807) is 6.92 Å². The number of rotatable bonds is 13. The van der Waals surface area contributed by atoms with Crippen molar-refractivity contribution in [2.75, 3.05) is 26.4 Å². The SMILES string of the molecule is C=CCO[C@H]1O[C@H](COCc2ccccc2)[C@@H](O)[C@H](O[C@H](C)C(=O)OCC)[C@H]1NC(=O)OCC(Cl)(Cl)Cl. The maximum absolute atomic E-state index is 12.5. The van der Waals surface area contributed by atoms with Gasteiger partial charge in [0, 0.05) is 0 Å². The summed E-state index contributed by atoms with van der Waals surface area (Å²) in [5.74, 6) is -0.654. The van der Waals surface area contributed by atoms with Gasteiger partial charge in [0.25, 0.3) is 0 Å². The molecule has 208 valence electrons. The number of carbonyl (C=O) groups excluding carboxylic acids is 2. The first kappa shape index (κ1) is 31.6. The number of nitrogens with one attached hydrogen (secondary N) is 1. The minimum atomic E-state index is -1.84. The Labute approximate surface area is 231 Å². The van der Waals surface area contributed by atoms with Gasteiger partial charge >= 0.3 is 12.1 Å². The normalized spacial score (nSPS) is 24.6. The monoisotopic (exact) mass is 583 g/mol. The molecule has 0 bridgehead atoms. The molecule has 37 heavy (non-hydrogen) atoms. The van der Waals surface area contributed by atoms with Gasteiger partial charge in [-0.15, -0.1) is 6.58 Å². The van der Waals surface area contributed by atoms with Crippen LogP contribution in [0.1, 0.15) is 19.4 Å². The zero-order chi connectivity index (χ0) is 27.4. The molecule has 0 unspecified atom stereocenters. The fourth-order valence-electron chi connectivity index (χ4n) is 3.42. The van der Waals surface area contributed by atoms with E-state index in [1.165, 1.54) is 13.0 Å². The number of aliphatic hydroxyl groups excluding tert-OH is 1. The lowest BCUT2D eigenvalue weighted by atomic mass is 9.96. The van der Waals surface area contributed by atoms with Crippen molar-refractivity contribution in [3.8, 4) is 0 Å². The van der Waals surface area contributed by atoms with Gasteiger partial charge in [0.15, 0.2) is 12.4 Å². The molecule has 6 atom stereocenters. The van der Waals surface area contributed by atoms with E-state index in [9.17, 15) is 14.7 Å². The van der Waals surface area contributed by atoms with E-state index in [2.05, 4.69) is 11.9 Å². The van der Waals surface area contributed by atoms with Crippen molar-refractivity contribution in [1.29, 1.82) is 0 Å². The summed E-state index contributed by atoms with van der Waals surface area (Å²) < 4.78 is 31.4. The highest BCUT2D eigenvalue weighted by molar-refractivity contribution is 6.67. The van der Waals surface area contributed by atoms with Crippen LogP contribution in [0, 0.1) is 0 Å². The Bertz CT molecular complexity index is 856. The Kier molecular flexibility index (Phi) is 13.4. The molecular formula is C24H32Cl3NO9. The van der Waals surface area contributed by atoms with Crippen LogP contribution in [0.25, 0.3) is 0 Å². The van der Waals surface area contributed by atoms with Crippen LogP contribution in [0.4, 0.5) is 4.79 Å². The first-order chi connectivity index (χ1) is 17.6. The second-order valence-corrected chi connectivity index (χ2v) is 10.5. The third kappa shape index (κ3) is 10.9. The van der Waals surface area contributed by atoms with Gasteiger partial charge in [-0.25, -0.2) is 9.59 Å². The van der Waals surface area contributed by atoms with Crippen molar-refractivity contribution in [3.05, 3.63) is 48.6 Å². The summed E-state index contributed by atoms with van der Waals surface area (Å²) >= 11 is 16.9. The van der Waals surface area contributed by atoms with Crippen molar-refractivity contribution >= 4 is 46.9 Å². The molecule has 0 aliphatic carbocycles. The van der Waals surface area contributed by atoms with Crippen LogP contribution in [0.5, 0.6) is 0 Å². The first-order valence-corrected chi connectivity index (χ1v) is 12.7. The first-order valence-electron chi connectivity index (χ1n) is 11.6. The smallest absolute Gasteiger partial charge is 0.407 e. The third-order valence-electron chi connectivity index (χ3n) is 5.08. The maximum Gasteiger partial charge on any atom is 0.407 e. The molecule has 1 amide bonds. The molecule has 0 aromatic heterocycles. The van der Waals surface area contributed by atoms with Gasteiger partial charge in [-0.2, -0.15) is 0 Å². The Hall–Kier alpha value is -1.63. The van der Waals surface area contributed by atoms with Crippen LogP contribution in [0.3, 0.4) is 0 Å². The topological polar surface area (TPSA) is 122 Å². The van der Waals surface area contributed by atoms with E-state index < -0.39 is 59.2 Å². The van der Waals surface area contributed by atoms with Crippen molar-refractivity contribution in [2.24, 2.45) is 0 Å². The molecule has 1 aromatic carbocycles. The molecule has 13 heteroatoms. The second-order valence-electron chi connectivity index (χ2n) is 8.01. The number of benzene rings is 1. The predicted octanol–water partition coefficient (Wildman–Crippen LogP) is 3.29. The standard InChI is InChI=1S/C24H32Cl3NO9/c1-4-11-34-22-18(28-23(31)35-14-24(25,26)27)20(36-15(3)21(30)33-5-2)19(29)17(37-22)13-32-12-16-9-7-6-8-10-16/h4,6-10,15,17-20,22,29H,1,5,11-14H2,2-3H3,(H,28,31)/t15-,17-,18-,19-,20-,22+/m1/s1. The number of hydrogen-bond acceptors (Lipinski definition) is 9. The van der Waals surface area contributed by atoms with Gasteiger partial charge in [0.1, 0.15) is 31.0 Å². The molecule has 2 N–H and O–H groups in total. The van der Waals surface area contributed by atoms with E-state index >= 15 is 0 Å². The number of alkyl halides is 3. The Morgan fingerprint density at radius 3 is 2.57 bits per heavy atom. The summed E-state index contributed by atoms with van der Waals surface area (Å²) in [6.07, 6.45) is -5.24. The van der Waals surface area contributed by atoms with Crippen LogP contribution in [0.2, 0.25) is 0 Å². The van der Waals surface area contributed by atoms with E-state index in [-0.39, 0.29) is 26.4 Å². The van der Waals surface area contributed by atoms with Gasteiger partial charge in [0.2, 0.25) is 3.79 Å². The third-order valence-corrected chi connectivity index (χ3v) is 5.40. The summed E-state index contributed by atoms with van der Waals surface area (Å²) in [4.78, 5) is 24.7. The zero-order valence-electron chi connectivity index (χ0n) is 20.5. The highest BCUT2D eigenvalue weighted by atomic mass is 35.6. The van der Waals surface area contributed by atoms with Gasteiger partial charge in [0.05, 0.1) is 26.4 Å². The lowest BCUT2D eigenvalue weighted by Gasteiger charge is -2.44. The molecule has 1 aliphatic heterocycles. The molecular weight excluding hydrogens is 553 g/mol. The fourth-order valence-corrected chi connectivity index (χ4v) is 3.58. The molecule has 1 heterocycles. The van der Waals surface area contributed by atoms with Gasteiger partial charge < -0.3 is 38.8 Å². The van der Waals surface area contributed by atoms with Crippen LogP contribution in [-0.4, -0.2) is 84.1 Å². The lowest BCUT2D eigenvalue weighted by Crippen LogP contribution is -2.66. The number of aliphatic hydroxyl groups is 1. The number of halogens is 3. The second kappa shape index (κ2) is 15.7. The van der Waals surface area contributed by atoms with Crippen LogP contribution < -0.4 is 5.32 Å². The number of esters is 1. The summed E-state index contributed by atoms with van der Waals surface area (Å²) in [6.45, 7) is 6.58. The molecule has 0 radical (unpaired) electrons. The predicted molar refractivity (Wildman–Crippen MR) is 136 cm³/mol. The molecule has 1 fully saturated rings. The van der Waals surface area contributed by atoms with Crippen LogP contribution in [-0.2, 0) is 39.8 Å². The fraction of sp³-hybridized carbons (Fsp3) is 0.583. The van der Waals surface area contributed by atoms with Crippen molar-refractivity contribution in [1.82, 2.24) is 5.32 Å². The van der Waals surface area contributed by atoms with Crippen molar-refractivity contribution < 1.29 is 43.1 Å². The van der Waals surface area contributed by atoms with Gasteiger partial charge in [-0.05, 0) is 19.4 Å². The average Bonchev–Trinajstić information content (AvgIpc) is 2.85. The molecule has 0 saturated carbocycles. The summed E-state index contributed by atoms with van der Waals surface area (Å²) in [7, 11) is 0. The Balaban J connectivity index is 2.22. The minimum Gasteiger partial charge on any atom is -0.464 e. The molecule has 10 nitrogen and oxygen atoms in total. The largest absolute Gasteiger partial charge is 0.464 e. The zero-order valence-corrected chi connectivity index (χ0v) is 22.8. The van der Waals surface area contributed by atoms with E-state index in [4.69, 9.17) is 63.2 Å². The maximum atomic E-state index is 12.5. The molecule has 1 aliphatic rings. The van der Waals surface area contributed by atoms with E-state index in [1.807, 2.05) is 30.3 Å². The quantitative estimate of drug-likeness (QED) is 0.204. The number of amides is 1. The summed E-state index contributed by atoms with van der Waals surface area (Å²) in [6, 6.07) is 8.29. The number of hydrogen-bond donors (Lipinski definition) is 2. The minimum absolute atomic E-state index is 0.0396. The number of carbonyl (C=O) groups is 2. The van der Waals surface area contributed by atoms with Crippen LogP contribution in [0.15, 0.2) is 43.0 Å². The average molecular weight is 585 g/mol. The molecule has 0 spiro atoms. The molecule has 2 rings (SSSR count). The van der Waals surface area contributed by atoms with Crippen molar-refractivity contribution in [2.45, 2.75) is 61.0 Å². The molecule has 1 saturated heterocycles. The van der Waals surface area contributed by atoms with E-state index in [0.29, 0.717) is 0 Å². The van der Waals surface area contributed by atoms with Crippen LogP contribution >= 0.6 is 34.8 Å². The molecule has 1 aromatic rings. The highest BCUT2D eigenvalue weighted by Gasteiger charge is 2.49. The van der Waals surface area contributed by atoms with Gasteiger partial charge in [-0.1, -0.05) is 71.2 Å². The summed E-state index contributed by atoms with van der Waals surface area (Å²) in [5, 5.41) is 13.7. The Morgan fingerprint density at radius 2 is 1.95 bits per heavy atom. The Morgan fingerprint density at radius 1 is 1.24 bits per heavy atom. The number of alkyl carbamates (subject to hydrolysis) is 1. The van der Waals surface area contributed by atoms with Crippen molar-refractivity contribution in [3.63, 3.8) is 0 Å².